The predicted molar refractivity (Wildman–Crippen MR) is 77.3 cm³/mol. The summed E-state index contributed by atoms with van der Waals surface area (Å²) in [5, 5.41) is 14.7. The summed E-state index contributed by atoms with van der Waals surface area (Å²) in [5.74, 6) is 0.740. The van der Waals surface area contributed by atoms with Crippen molar-refractivity contribution in [3.63, 3.8) is 0 Å². The first-order valence-corrected chi connectivity index (χ1v) is 5.86. The summed E-state index contributed by atoms with van der Waals surface area (Å²) in [7, 11) is 1.59. The first-order valence-electron chi connectivity index (χ1n) is 5.86. The van der Waals surface area contributed by atoms with Crippen LogP contribution in [-0.4, -0.2) is 18.2 Å². The number of benzene rings is 2. The number of nitro groups is 1. The zero-order valence-electron chi connectivity index (χ0n) is 10.8. The van der Waals surface area contributed by atoms with Crippen molar-refractivity contribution in [2.45, 2.75) is 0 Å². The van der Waals surface area contributed by atoms with E-state index in [0.29, 0.717) is 5.69 Å². The van der Waals surface area contributed by atoms with Gasteiger partial charge in [-0.1, -0.05) is 18.2 Å². The Bertz CT molecular complexity index is 641. The van der Waals surface area contributed by atoms with E-state index >= 15 is 0 Å². The molecular weight excluding hydrogens is 258 g/mol. The van der Waals surface area contributed by atoms with Crippen molar-refractivity contribution in [2.24, 2.45) is 5.10 Å². The molecule has 0 bridgehead atoms. The maximum atomic E-state index is 10.6. The molecule has 102 valence electrons. The smallest absolute Gasteiger partial charge is 0.271 e. The Morgan fingerprint density at radius 3 is 2.80 bits per heavy atom. The number of hydrogen-bond acceptors (Lipinski definition) is 5. The lowest BCUT2D eigenvalue weighted by atomic mass is 10.2. The van der Waals surface area contributed by atoms with Crippen molar-refractivity contribution in [3.8, 4) is 5.75 Å². The predicted octanol–water partition coefficient (Wildman–Crippen LogP) is 3.05. The molecule has 0 aromatic heterocycles. The SMILES string of the molecule is COc1cccc(/C=N\Nc2cccc([N+](=O)[O-])c2)c1. The number of nitro benzene ring substituents is 1. The Labute approximate surface area is 115 Å². The maximum Gasteiger partial charge on any atom is 0.271 e. The first-order chi connectivity index (χ1) is 9.69. The zero-order chi connectivity index (χ0) is 14.4. The molecule has 6 heteroatoms. The van der Waals surface area contributed by atoms with Crippen LogP contribution in [0, 0.1) is 10.1 Å². The fraction of sp³-hybridized carbons (Fsp3) is 0.0714. The second-order valence-electron chi connectivity index (χ2n) is 3.95. The van der Waals surface area contributed by atoms with E-state index in [0.717, 1.165) is 11.3 Å². The lowest BCUT2D eigenvalue weighted by Crippen LogP contribution is -1.93. The van der Waals surface area contributed by atoms with Crippen molar-refractivity contribution >= 4 is 17.6 Å². The van der Waals surface area contributed by atoms with Gasteiger partial charge < -0.3 is 4.74 Å². The topological polar surface area (TPSA) is 76.8 Å². The number of non-ortho nitro benzene ring substituents is 1. The highest BCUT2D eigenvalue weighted by molar-refractivity contribution is 5.80. The molecule has 0 amide bonds. The summed E-state index contributed by atoms with van der Waals surface area (Å²) < 4.78 is 5.10. The Hall–Kier alpha value is -2.89. The molecule has 6 nitrogen and oxygen atoms in total. The van der Waals surface area contributed by atoms with Crippen LogP contribution in [0.2, 0.25) is 0 Å². The van der Waals surface area contributed by atoms with Gasteiger partial charge in [0.2, 0.25) is 0 Å². The van der Waals surface area contributed by atoms with E-state index in [9.17, 15) is 10.1 Å². The van der Waals surface area contributed by atoms with Crippen LogP contribution in [0.4, 0.5) is 11.4 Å². The highest BCUT2D eigenvalue weighted by atomic mass is 16.6. The molecule has 2 aromatic carbocycles. The van der Waals surface area contributed by atoms with Gasteiger partial charge in [-0.05, 0) is 23.8 Å². The molecular formula is C14H13N3O3. The molecule has 0 spiro atoms. The summed E-state index contributed by atoms with van der Waals surface area (Å²) in [4.78, 5) is 10.2. The average molecular weight is 271 g/mol. The van der Waals surface area contributed by atoms with Crippen LogP contribution in [0.3, 0.4) is 0 Å². The Morgan fingerprint density at radius 1 is 1.25 bits per heavy atom. The van der Waals surface area contributed by atoms with Gasteiger partial charge in [0.25, 0.3) is 5.69 Å². The van der Waals surface area contributed by atoms with E-state index in [2.05, 4.69) is 10.5 Å². The van der Waals surface area contributed by atoms with Gasteiger partial charge in [-0.3, -0.25) is 15.5 Å². The van der Waals surface area contributed by atoms with Gasteiger partial charge in [0.05, 0.1) is 23.9 Å². The van der Waals surface area contributed by atoms with Crippen molar-refractivity contribution in [1.29, 1.82) is 0 Å². The molecule has 2 rings (SSSR count). The quantitative estimate of drug-likeness (QED) is 0.515. The molecule has 0 aliphatic heterocycles. The average Bonchev–Trinajstić information content (AvgIpc) is 2.48. The number of anilines is 1. The third-order valence-corrected chi connectivity index (χ3v) is 2.56. The normalized spacial score (nSPS) is 10.4. The summed E-state index contributed by atoms with van der Waals surface area (Å²) in [5.41, 5.74) is 4.19. The fourth-order valence-electron chi connectivity index (χ4n) is 1.59. The van der Waals surface area contributed by atoms with Gasteiger partial charge in [-0.25, -0.2) is 0 Å². The molecule has 0 saturated carbocycles. The second kappa shape index (κ2) is 6.33. The minimum atomic E-state index is -0.447. The fourth-order valence-corrected chi connectivity index (χ4v) is 1.59. The Balaban J connectivity index is 2.05. The third kappa shape index (κ3) is 3.55. The van der Waals surface area contributed by atoms with Crippen molar-refractivity contribution < 1.29 is 9.66 Å². The van der Waals surface area contributed by atoms with E-state index < -0.39 is 4.92 Å². The van der Waals surface area contributed by atoms with E-state index in [1.54, 1.807) is 25.5 Å². The largest absolute Gasteiger partial charge is 0.497 e. The van der Waals surface area contributed by atoms with Gasteiger partial charge in [-0.2, -0.15) is 5.10 Å². The zero-order valence-corrected chi connectivity index (χ0v) is 10.8. The standard InChI is InChI=1S/C14H13N3O3/c1-20-14-7-2-4-11(8-14)10-15-16-12-5-3-6-13(9-12)17(18)19/h2-10,16H,1H3/b15-10-. The molecule has 0 radical (unpaired) electrons. The maximum absolute atomic E-state index is 10.6. The second-order valence-corrected chi connectivity index (χ2v) is 3.95. The van der Waals surface area contributed by atoms with Crippen LogP contribution < -0.4 is 10.2 Å². The molecule has 0 aliphatic rings. The molecule has 0 unspecified atom stereocenters. The summed E-state index contributed by atoms with van der Waals surface area (Å²) in [6, 6.07) is 13.6. The number of rotatable bonds is 5. The van der Waals surface area contributed by atoms with Crippen LogP contribution in [0.15, 0.2) is 53.6 Å². The molecule has 2 aromatic rings. The third-order valence-electron chi connectivity index (χ3n) is 2.56. The lowest BCUT2D eigenvalue weighted by molar-refractivity contribution is -0.384. The number of hydrogen-bond donors (Lipinski definition) is 1. The van der Waals surface area contributed by atoms with Gasteiger partial charge >= 0.3 is 0 Å². The van der Waals surface area contributed by atoms with Crippen LogP contribution in [0.1, 0.15) is 5.56 Å². The Kier molecular flexibility index (Phi) is 4.28. The van der Waals surface area contributed by atoms with Gasteiger partial charge in [0, 0.05) is 12.1 Å². The first kappa shape index (κ1) is 13.5. The van der Waals surface area contributed by atoms with Gasteiger partial charge in [0.1, 0.15) is 5.75 Å². The summed E-state index contributed by atoms with van der Waals surface area (Å²) in [6.45, 7) is 0. The molecule has 0 aliphatic carbocycles. The Morgan fingerprint density at radius 2 is 2.05 bits per heavy atom. The van der Waals surface area contributed by atoms with Crippen molar-refractivity contribution in [3.05, 3.63) is 64.2 Å². The minimum Gasteiger partial charge on any atom is -0.497 e. The molecule has 0 saturated heterocycles. The lowest BCUT2D eigenvalue weighted by Gasteiger charge is -2.01. The van der Waals surface area contributed by atoms with Gasteiger partial charge in [-0.15, -0.1) is 0 Å². The number of nitrogens with zero attached hydrogens (tertiary/aromatic N) is 2. The number of hydrazone groups is 1. The molecule has 0 fully saturated rings. The van der Waals surface area contributed by atoms with Crippen molar-refractivity contribution in [1.82, 2.24) is 0 Å². The summed E-state index contributed by atoms with van der Waals surface area (Å²) in [6.07, 6.45) is 1.61. The van der Waals surface area contributed by atoms with Crippen LogP contribution in [-0.2, 0) is 0 Å². The van der Waals surface area contributed by atoms with Crippen LogP contribution in [0.5, 0.6) is 5.75 Å². The minimum absolute atomic E-state index is 0.0200. The van der Waals surface area contributed by atoms with Crippen molar-refractivity contribution in [2.75, 3.05) is 12.5 Å². The molecule has 0 atom stereocenters. The van der Waals surface area contributed by atoms with E-state index in [1.165, 1.54) is 12.1 Å². The molecule has 20 heavy (non-hydrogen) atoms. The van der Waals surface area contributed by atoms with E-state index in [1.807, 2.05) is 24.3 Å². The number of ether oxygens (including phenoxy) is 1. The number of nitrogens with one attached hydrogen (secondary N) is 1. The van der Waals surface area contributed by atoms with E-state index in [-0.39, 0.29) is 5.69 Å². The monoisotopic (exact) mass is 271 g/mol. The highest BCUT2D eigenvalue weighted by Gasteiger charge is 2.04. The summed E-state index contributed by atoms with van der Waals surface area (Å²) >= 11 is 0. The van der Waals surface area contributed by atoms with Crippen LogP contribution in [0.25, 0.3) is 0 Å². The number of methoxy groups -OCH3 is 1. The molecule has 1 N–H and O–H groups in total. The van der Waals surface area contributed by atoms with Crippen LogP contribution >= 0.6 is 0 Å². The molecule has 0 heterocycles. The van der Waals surface area contributed by atoms with E-state index in [4.69, 9.17) is 4.74 Å². The van der Waals surface area contributed by atoms with Gasteiger partial charge in [0.15, 0.2) is 0 Å². The highest BCUT2D eigenvalue weighted by Crippen LogP contribution is 2.17.